The third-order valence-electron chi connectivity index (χ3n) is 13.1. The van der Waals surface area contributed by atoms with E-state index in [1.807, 2.05) is 43.9 Å². The molecule has 0 amide bonds. The maximum Gasteiger partial charge on any atom is 0.303 e. The number of rotatable bonds is 21. The third kappa shape index (κ3) is 10.8. The van der Waals surface area contributed by atoms with Crippen LogP contribution < -0.4 is 9.80 Å². The Morgan fingerprint density at radius 2 is 1.17 bits per heavy atom. The molecule has 374 valence electrons. The molecular formula is C47H56N2O16S4. The fourth-order valence-electron chi connectivity index (χ4n) is 9.87. The summed E-state index contributed by atoms with van der Waals surface area (Å²) in [6.07, 6.45) is 15.1. The van der Waals surface area contributed by atoms with Gasteiger partial charge in [0, 0.05) is 85.6 Å². The molecule has 0 fully saturated rings. The summed E-state index contributed by atoms with van der Waals surface area (Å²) in [6, 6.07) is 9.81. The van der Waals surface area contributed by atoms with Crippen molar-refractivity contribution in [1.82, 2.24) is 0 Å². The van der Waals surface area contributed by atoms with Gasteiger partial charge in [0.05, 0.1) is 15.8 Å². The van der Waals surface area contributed by atoms with Gasteiger partial charge in [-0.05, 0) is 104 Å². The molecule has 2 aliphatic heterocycles. The number of nitrogens with zero attached hydrogens (tertiary/aromatic N) is 2. The van der Waals surface area contributed by atoms with Crippen molar-refractivity contribution < 1.29 is 71.3 Å². The molecule has 4 aromatic carbocycles. The molecule has 3 atom stereocenters. The maximum atomic E-state index is 12.7. The lowest BCUT2D eigenvalue weighted by Gasteiger charge is -2.35. The highest BCUT2D eigenvalue weighted by Crippen LogP contribution is 2.54. The topological polar surface area (TPSA) is 280 Å². The Bertz CT molecular complexity index is 3260. The fraction of sp³-hybridized carbons (Fsp3) is 0.383. The first kappa shape index (κ1) is 53.3. The van der Waals surface area contributed by atoms with Gasteiger partial charge in [-0.2, -0.15) is 33.7 Å². The van der Waals surface area contributed by atoms with Crippen molar-refractivity contribution in [3.05, 3.63) is 108 Å². The number of methoxy groups -OCH3 is 2. The number of carboxylic acid groups (broad SMARTS) is 1. The highest BCUT2D eigenvalue weighted by atomic mass is 32.2. The minimum absolute atomic E-state index is 0.0148. The van der Waals surface area contributed by atoms with Crippen molar-refractivity contribution in [2.24, 2.45) is 0 Å². The molecule has 3 unspecified atom stereocenters. The van der Waals surface area contributed by atoms with E-state index in [2.05, 4.69) is 4.90 Å². The molecule has 18 nitrogen and oxygen atoms in total. The molecule has 0 saturated carbocycles. The van der Waals surface area contributed by atoms with E-state index in [0.717, 1.165) is 11.8 Å². The standard InChI is InChI=1S/C47H56N2O16S4/c1-6-48-37-20-18-33-35(27-31(66(52,53)54)29-39(33)68(58,59)60)44(37)46(2,22-25-64-4)41(48)15-11-8-7-9-12-16-42-47(3,23-26-65-5)45-36-28-32(67(55,56)57)30-40(69(61,62)63)34(36)19-21-38(45)49(42)24-14-10-13-17-43(50)51/h7-9,11-12,15-16,18-21,27-30,41H,6,10,13-14,17,22-26H2,1-5H3,(H,50,51)(H,52,53,54)(H,55,56,57)(H,58,59,60)(H,61,62,63). The predicted molar refractivity (Wildman–Crippen MR) is 261 cm³/mol. The van der Waals surface area contributed by atoms with Crippen LogP contribution in [0.3, 0.4) is 0 Å². The summed E-state index contributed by atoms with van der Waals surface area (Å²) in [5.41, 5.74) is 1.37. The predicted octanol–water partition coefficient (Wildman–Crippen LogP) is 7.49. The second kappa shape index (κ2) is 20.4. The lowest BCUT2D eigenvalue weighted by Crippen LogP contribution is -2.42. The molecule has 0 bridgehead atoms. The number of carbonyl (C=O) groups is 1. The summed E-state index contributed by atoms with van der Waals surface area (Å²) < 4.78 is 152. The molecule has 4 aromatic rings. The van der Waals surface area contributed by atoms with E-state index in [9.17, 15) is 61.8 Å². The Morgan fingerprint density at radius 1 is 0.652 bits per heavy atom. The normalized spacial score (nSPS) is 20.7. The van der Waals surface area contributed by atoms with Crippen molar-refractivity contribution in [3.63, 3.8) is 0 Å². The van der Waals surface area contributed by atoms with Gasteiger partial charge in [-0.3, -0.25) is 23.0 Å². The largest absolute Gasteiger partial charge is 0.481 e. The van der Waals surface area contributed by atoms with Gasteiger partial charge in [-0.1, -0.05) is 61.9 Å². The number of fused-ring (bicyclic) bond motifs is 6. The van der Waals surface area contributed by atoms with Gasteiger partial charge in [-0.25, -0.2) is 0 Å². The van der Waals surface area contributed by atoms with Gasteiger partial charge in [0.15, 0.2) is 0 Å². The second-order valence-corrected chi connectivity index (χ2v) is 23.0. The van der Waals surface area contributed by atoms with E-state index >= 15 is 0 Å². The first-order valence-electron chi connectivity index (χ1n) is 21.8. The van der Waals surface area contributed by atoms with Gasteiger partial charge in [0.25, 0.3) is 40.5 Å². The summed E-state index contributed by atoms with van der Waals surface area (Å²) in [5, 5.41) is 9.72. The van der Waals surface area contributed by atoms with Crippen molar-refractivity contribution in [3.8, 4) is 0 Å². The number of ether oxygens (including phenoxy) is 2. The van der Waals surface area contributed by atoms with Crippen LogP contribution in [0.25, 0.3) is 21.5 Å². The van der Waals surface area contributed by atoms with Crippen LogP contribution in [0.15, 0.2) is 116 Å². The van der Waals surface area contributed by atoms with Crippen LogP contribution in [0.2, 0.25) is 0 Å². The van der Waals surface area contributed by atoms with E-state index in [4.69, 9.17) is 9.47 Å². The molecule has 0 aliphatic carbocycles. The van der Waals surface area contributed by atoms with Crippen molar-refractivity contribution in [1.29, 1.82) is 0 Å². The molecule has 0 aromatic heterocycles. The summed E-state index contributed by atoms with van der Waals surface area (Å²) in [5.74, 6) is -0.920. The van der Waals surface area contributed by atoms with Crippen molar-refractivity contribution in [2.45, 2.75) is 95.7 Å². The van der Waals surface area contributed by atoms with Crippen LogP contribution in [-0.4, -0.2) is 110 Å². The molecule has 2 heterocycles. The molecule has 22 heteroatoms. The summed E-state index contributed by atoms with van der Waals surface area (Å²) in [6.45, 7) is 7.16. The molecule has 6 rings (SSSR count). The van der Waals surface area contributed by atoms with Crippen LogP contribution in [-0.2, 0) is 65.6 Å². The highest BCUT2D eigenvalue weighted by Gasteiger charge is 2.48. The fourth-order valence-corrected chi connectivity index (χ4v) is 12.5. The number of benzene rings is 4. The molecule has 0 radical (unpaired) electrons. The zero-order chi connectivity index (χ0) is 50.9. The number of allylic oxidation sites excluding steroid dienone is 7. The monoisotopic (exact) mass is 1030 g/mol. The number of aliphatic carboxylic acids is 1. The van der Waals surface area contributed by atoms with Gasteiger partial charge in [-0.15, -0.1) is 0 Å². The highest BCUT2D eigenvalue weighted by molar-refractivity contribution is 7.87. The smallest absolute Gasteiger partial charge is 0.303 e. The van der Waals surface area contributed by atoms with E-state index in [-0.39, 0.29) is 47.2 Å². The first-order chi connectivity index (χ1) is 32.2. The summed E-state index contributed by atoms with van der Waals surface area (Å²) in [4.78, 5) is 12.6. The number of carboxylic acids is 1. The van der Waals surface area contributed by atoms with Gasteiger partial charge in [0.2, 0.25) is 0 Å². The van der Waals surface area contributed by atoms with E-state index in [1.165, 1.54) is 38.5 Å². The average molecular weight is 1030 g/mol. The lowest BCUT2D eigenvalue weighted by atomic mass is 9.74. The Morgan fingerprint density at radius 3 is 1.70 bits per heavy atom. The Kier molecular flexibility index (Phi) is 15.8. The van der Waals surface area contributed by atoms with Crippen LogP contribution in [0.5, 0.6) is 0 Å². The molecule has 69 heavy (non-hydrogen) atoms. The third-order valence-corrected chi connectivity index (χ3v) is 16.5. The first-order valence-corrected chi connectivity index (χ1v) is 27.6. The van der Waals surface area contributed by atoms with Crippen molar-refractivity contribution >= 4 is 79.4 Å². The molecular weight excluding hydrogens is 977 g/mol. The van der Waals surface area contributed by atoms with Gasteiger partial charge in [0.1, 0.15) is 9.79 Å². The van der Waals surface area contributed by atoms with E-state index < -0.39 is 76.9 Å². The lowest BCUT2D eigenvalue weighted by molar-refractivity contribution is -0.137. The minimum atomic E-state index is -4.99. The number of hydrogen-bond donors (Lipinski definition) is 5. The zero-order valence-electron chi connectivity index (χ0n) is 38.6. The van der Waals surface area contributed by atoms with Crippen LogP contribution in [0.4, 0.5) is 11.4 Å². The number of hydrogen-bond acceptors (Lipinski definition) is 13. The Labute approximate surface area is 402 Å². The minimum Gasteiger partial charge on any atom is -0.481 e. The summed E-state index contributed by atoms with van der Waals surface area (Å²) in [7, 11) is -16.7. The Balaban J connectivity index is 1.42. The number of likely N-dealkylation sites (N-methyl/N-ethyl adjacent to an activating group) is 1. The van der Waals surface area contributed by atoms with Crippen LogP contribution >= 0.6 is 0 Å². The van der Waals surface area contributed by atoms with Gasteiger partial charge >= 0.3 is 5.97 Å². The molecule has 5 N–H and O–H groups in total. The quantitative estimate of drug-likeness (QED) is 0.0307. The van der Waals surface area contributed by atoms with Crippen molar-refractivity contribution in [2.75, 3.05) is 50.3 Å². The molecule has 0 spiro atoms. The Hall–Kier alpha value is -5.01. The number of unbranched alkanes of at least 4 members (excludes halogenated alkanes) is 2. The van der Waals surface area contributed by atoms with Crippen LogP contribution in [0.1, 0.15) is 70.4 Å². The van der Waals surface area contributed by atoms with E-state index in [0.29, 0.717) is 73.8 Å². The summed E-state index contributed by atoms with van der Waals surface area (Å²) >= 11 is 0. The van der Waals surface area contributed by atoms with Crippen LogP contribution in [0, 0.1) is 0 Å². The molecule has 2 aliphatic rings. The SMILES string of the molecule is CCN1c2ccc3c(S(=O)(=O)O)cc(S(=O)(=O)O)cc3c2C(C)(CCOC)C1C=CC=CC=CC=C1N(CCCCCC(=O)O)c2ccc3c(S(=O)(=O)O)cc(S(=O)(=O)O)cc3c2C1(C)CCOC. The maximum absolute atomic E-state index is 12.7. The zero-order valence-corrected chi connectivity index (χ0v) is 41.8. The molecule has 0 saturated heterocycles. The second-order valence-electron chi connectivity index (χ2n) is 17.4. The van der Waals surface area contributed by atoms with E-state index in [1.54, 1.807) is 36.4 Å². The average Bonchev–Trinajstić information content (AvgIpc) is 3.65. The number of anilines is 2. The van der Waals surface area contributed by atoms with Gasteiger partial charge < -0.3 is 24.4 Å².